The highest BCUT2D eigenvalue weighted by atomic mass is 16.4. The zero-order valence-corrected chi connectivity index (χ0v) is 11.5. The average molecular weight is 262 g/mol. The normalized spacial score (nSPS) is 20.2. The van der Waals surface area contributed by atoms with Gasteiger partial charge in [-0.15, -0.1) is 0 Å². The van der Waals surface area contributed by atoms with E-state index in [1.165, 1.54) is 5.69 Å². The van der Waals surface area contributed by atoms with Crippen molar-refractivity contribution in [1.82, 2.24) is 4.90 Å². The molecule has 1 saturated heterocycles. The molecule has 0 aliphatic carbocycles. The van der Waals surface area contributed by atoms with Crippen molar-refractivity contribution in [2.75, 3.05) is 38.1 Å². The van der Waals surface area contributed by atoms with Crippen LogP contribution >= 0.6 is 0 Å². The predicted molar refractivity (Wildman–Crippen MR) is 76.5 cm³/mol. The minimum Gasteiger partial charge on any atom is -0.481 e. The number of carboxylic acid groups (broad SMARTS) is 1. The van der Waals surface area contributed by atoms with E-state index in [4.69, 9.17) is 5.11 Å². The maximum atomic E-state index is 11.0. The molecule has 0 radical (unpaired) electrons. The monoisotopic (exact) mass is 262 g/mol. The second-order valence-electron chi connectivity index (χ2n) is 5.24. The van der Waals surface area contributed by atoms with Crippen molar-refractivity contribution < 1.29 is 9.90 Å². The lowest BCUT2D eigenvalue weighted by molar-refractivity contribution is -0.143. The summed E-state index contributed by atoms with van der Waals surface area (Å²) in [6, 6.07) is 10.3. The van der Waals surface area contributed by atoms with E-state index in [2.05, 4.69) is 29.0 Å². The van der Waals surface area contributed by atoms with Crippen LogP contribution in [-0.2, 0) is 4.79 Å². The summed E-state index contributed by atoms with van der Waals surface area (Å²) >= 11 is 0. The van der Waals surface area contributed by atoms with Crippen LogP contribution in [0.3, 0.4) is 0 Å². The van der Waals surface area contributed by atoms with Crippen LogP contribution < -0.4 is 4.90 Å². The zero-order valence-electron chi connectivity index (χ0n) is 11.5. The molecular weight excluding hydrogens is 240 g/mol. The molecule has 19 heavy (non-hydrogen) atoms. The topological polar surface area (TPSA) is 43.8 Å². The van der Waals surface area contributed by atoms with Gasteiger partial charge in [0, 0.05) is 32.4 Å². The van der Waals surface area contributed by atoms with Crippen LogP contribution in [-0.4, -0.2) is 49.2 Å². The highest BCUT2D eigenvalue weighted by Crippen LogP contribution is 2.17. The second-order valence-corrected chi connectivity index (χ2v) is 5.24. The van der Waals surface area contributed by atoms with Crippen molar-refractivity contribution >= 4 is 11.7 Å². The molecule has 4 heteroatoms. The third kappa shape index (κ3) is 3.96. The largest absolute Gasteiger partial charge is 0.481 e. The molecule has 1 fully saturated rings. The molecule has 0 saturated carbocycles. The Morgan fingerprint density at radius 2 is 2.16 bits per heavy atom. The number of likely N-dealkylation sites (tertiary alicyclic amines) is 1. The van der Waals surface area contributed by atoms with E-state index in [1.54, 1.807) is 0 Å². The number of rotatable bonds is 5. The van der Waals surface area contributed by atoms with Crippen molar-refractivity contribution in [1.29, 1.82) is 0 Å². The molecule has 0 spiro atoms. The van der Waals surface area contributed by atoms with Crippen molar-refractivity contribution in [2.24, 2.45) is 5.92 Å². The van der Waals surface area contributed by atoms with Gasteiger partial charge in [-0.25, -0.2) is 0 Å². The molecule has 0 bridgehead atoms. The van der Waals surface area contributed by atoms with E-state index < -0.39 is 5.97 Å². The molecule has 1 aromatic rings. The van der Waals surface area contributed by atoms with Gasteiger partial charge in [-0.1, -0.05) is 18.2 Å². The Kier molecular flexibility index (Phi) is 4.80. The zero-order chi connectivity index (χ0) is 13.7. The van der Waals surface area contributed by atoms with E-state index in [9.17, 15) is 4.79 Å². The summed E-state index contributed by atoms with van der Waals surface area (Å²) in [6.07, 6.45) is 1.81. The van der Waals surface area contributed by atoms with Gasteiger partial charge in [0.1, 0.15) is 0 Å². The summed E-state index contributed by atoms with van der Waals surface area (Å²) in [6.45, 7) is 3.57. The second kappa shape index (κ2) is 6.57. The summed E-state index contributed by atoms with van der Waals surface area (Å²) in [5.74, 6) is -0.836. The maximum Gasteiger partial charge on any atom is 0.307 e. The van der Waals surface area contributed by atoms with E-state index in [0.717, 1.165) is 32.5 Å². The van der Waals surface area contributed by atoms with Gasteiger partial charge in [0.25, 0.3) is 0 Å². The SMILES string of the molecule is CN(CCN1CCCC(C(=O)O)C1)c1ccccc1. The molecule has 1 atom stereocenters. The van der Waals surface area contributed by atoms with Gasteiger partial charge in [-0.2, -0.15) is 0 Å². The van der Waals surface area contributed by atoms with Gasteiger partial charge < -0.3 is 14.9 Å². The number of hydrogen-bond donors (Lipinski definition) is 1. The minimum absolute atomic E-state index is 0.184. The number of carboxylic acids is 1. The van der Waals surface area contributed by atoms with Crippen LogP contribution in [0.25, 0.3) is 0 Å². The van der Waals surface area contributed by atoms with E-state index in [1.807, 2.05) is 18.2 Å². The molecule has 0 amide bonds. The van der Waals surface area contributed by atoms with Crippen LogP contribution in [0.1, 0.15) is 12.8 Å². The first-order valence-corrected chi connectivity index (χ1v) is 6.88. The number of aliphatic carboxylic acids is 1. The Morgan fingerprint density at radius 3 is 2.84 bits per heavy atom. The molecule has 1 aliphatic rings. The molecule has 1 aromatic carbocycles. The molecule has 104 valence electrons. The van der Waals surface area contributed by atoms with Crippen LogP contribution in [0.2, 0.25) is 0 Å². The van der Waals surface area contributed by atoms with Gasteiger partial charge in [0.15, 0.2) is 0 Å². The van der Waals surface area contributed by atoms with Gasteiger partial charge in [-0.3, -0.25) is 4.79 Å². The Hall–Kier alpha value is -1.55. The van der Waals surface area contributed by atoms with Crippen molar-refractivity contribution in [3.05, 3.63) is 30.3 Å². The number of hydrogen-bond acceptors (Lipinski definition) is 3. The van der Waals surface area contributed by atoms with Gasteiger partial charge in [0.2, 0.25) is 0 Å². The summed E-state index contributed by atoms with van der Waals surface area (Å²) < 4.78 is 0. The predicted octanol–water partition coefficient (Wildman–Crippen LogP) is 1.92. The molecule has 1 aliphatic heterocycles. The van der Waals surface area contributed by atoms with Crippen LogP contribution in [0.5, 0.6) is 0 Å². The molecule has 0 aromatic heterocycles. The van der Waals surface area contributed by atoms with E-state index in [-0.39, 0.29) is 5.92 Å². The highest BCUT2D eigenvalue weighted by Gasteiger charge is 2.25. The van der Waals surface area contributed by atoms with Crippen LogP contribution in [0, 0.1) is 5.92 Å². The highest BCUT2D eigenvalue weighted by molar-refractivity contribution is 5.70. The summed E-state index contributed by atoms with van der Waals surface area (Å²) in [7, 11) is 2.08. The maximum absolute atomic E-state index is 11.0. The number of piperidine rings is 1. The first-order valence-electron chi connectivity index (χ1n) is 6.88. The lowest BCUT2D eigenvalue weighted by atomic mass is 9.98. The molecular formula is C15H22N2O2. The summed E-state index contributed by atoms with van der Waals surface area (Å²) in [5.41, 5.74) is 1.20. The minimum atomic E-state index is -0.652. The fraction of sp³-hybridized carbons (Fsp3) is 0.533. The quantitative estimate of drug-likeness (QED) is 0.880. The van der Waals surface area contributed by atoms with E-state index >= 15 is 0 Å². The number of anilines is 1. The van der Waals surface area contributed by atoms with Crippen molar-refractivity contribution in [3.8, 4) is 0 Å². The lowest BCUT2D eigenvalue weighted by Gasteiger charge is -2.32. The van der Waals surface area contributed by atoms with Gasteiger partial charge in [0.05, 0.1) is 5.92 Å². The third-order valence-corrected chi connectivity index (χ3v) is 3.80. The molecule has 1 unspecified atom stereocenters. The standard InChI is InChI=1S/C15H22N2O2/c1-16(14-7-3-2-4-8-14)10-11-17-9-5-6-13(12-17)15(18)19/h2-4,7-8,13H,5-6,9-12H2,1H3,(H,18,19). The Morgan fingerprint density at radius 1 is 1.42 bits per heavy atom. The van der Waals surface area contributed by atoms with Gasteiger partial charge in [-0.05, 0) is 31.5 Å². The van der Waals surface area contributed by atoms with Crippen LogP contribution in [0.4, 0.5) is 5.69 Å². The number of likely N-dealkylation sites (N-methyl/N-ethyl adjacent to an activating group) is 1. The Bertz CT molecular complexity index is 408. The van der Waals surface area contributed by atoms with Crippen LogP contribution in [0.15, 0.2) is 30.3 Å². The lowest BCUT2D eigenvalue weighted by Crippen LogP contribution is -2.42. The fourth-order valence-electron chi connectivity index (χ4n) is 2.56. The number of nitrogens with zero attached hydrogens (tertiary/aromatic N) is 2. The Balaban J connectivity index is 1.80. The number of para-hydroxylation sites is 1. The Labute approximate surface area is 114 Å². The molecule has 2 rings (SSSR count). The smallest absolute Gasteiger partial charge is 0.307 e. The molecule has 1 heterocycles. The third-order valence-electron chi connectivity index (χ3n) is 3.80. The number of benzene rings is 1. The first kappa shape index (κ1) is 13.9. The van der Waals surface area contributed by atoms with Crippen molar-refractivity contribution in [2.45, 2.75) is 12.8 Å². The van der Waals surface area contributed by atoms with E-state index in [0.29, 0.717) is 6.54 Å². The number of carbonyl (C=O) groups is 1. The molecule has 4 nitrogen and oxygen atoms in total. The summed E-state index contributed by atoms with van der Waals surface area (Å²) in [5, 5.41) is 9.07. The average Bonchev–Trinajstić information content (AvgIpc) is 2.46. The van der Waals surface area contributed by atoms with Gasteiger partial charge >= 0.3 is 5.97 Å². The van der Waals surface area contributed by atoms with Crippen molar-refractivity contribution in [3.63, 3.8) is 0 Å². The first-order chi connectivity index (χ1) is 9.16. The fourth-order valence-corrected chi connectivity index (χ4v) is 2.56. The molecule has 1 N–H and O–H groups in total. The summed E-state index contributed by atoms with van der Waals surface area (Å²) in [4.78, 5) is 15.5.